The van der Waals surface area contributed by atoms with E-state index in [1.807, 2.05) is 18.2 Å². The number of carbonyl (C=O) groups is 2. The molecule has 6 heteroatoms. The van der Waals surface area contributed by atoms with Crippen LogP contribution in [0.1, 0.15) is 5.56 Å². The summed E-state index contributed by atoms with van der Waals surface area (Å²) in [5.41, 5.74) is 1.28. The molecule has 0 atom stereocenters. The Labute approximate surface area is 131 Å². The predicted octanol–water partition coefficient (Wildman–Crippen LogP) is 1.54. The summed E-state index contributed by atoms with van der Waals surface area (Å²) < 4.78 is 0. The van der Waals surface area contributed by atoms with Crippen LogP contribution in [-0.4, -0.2) is 79.0 Å². The molecule has 6 nitrogen and oxygen atoms in total. The number of imide groups is 1. The van der Waals surface area contributed by atoms with Gasteiger partial charge in [0.15, 0.2) is 0 Å². The van der Waals surface area contributed by atoms with Gasteiger partial charge in [0.1, 0.15) is 0 Å². The number of amides is 4. The second-order valence-electron chi connectivity index (χ2n) is 5.77. The van der Waals surface area contributed by atoms with E-state index in [9.17, 15) is 9.59 Å². The van der Waals surface area contributed by atoms with Crippen LogP contribution in [0.3, 0.4) is 0 Å². The van der Waals surface area contributed by atoms with Crippen molar-refractivity contribution in [2.75, 3.05) is 47.3 Å². The maximum atomic E-state index is 12.3. The Morgan fingerprint density at radius 3 is 2.14 bits per heavy atom. The summed E-state index contributed by atoms with van der Waals surface area (Å²) in [6, 6.07) is 9.79. The van der Waals surface area contributed by atoms with Crippen LogP contribution in [-0.2, 0) is 6.54 Å². The smallest absolute Gasteiger partial charge is 0.327 e. The van der Waals surface area contributed by atoms with Gasteiger partial charge in [-0.05, 0) is 5.56 Å². The summed E-state index contributed by atoms with van der Waals surface area (Å²) in [6.45, 7) is 3.85. The van der Waals surface area contributed by atoms with E-state index in [1.54, 1.807) is 19.0 Å². The Bertz CT molecular complexity index is 510. The van der Waals surface area contributed by atoms with Gasteiger partial charge in [-0.15, -0.1) is 0 Å². The predicted molar refractivity (Wildman–Crippen MR) is 85.5 cm³/mol. The molecule has 0 bridgehead atoms. The topological polar surface area (TPSA) is 47.1 Å². The maximum absolute atomic E-state index is 12.3. The molecule has 1 fully saturated rings. The molecular weight excluding hydrogens is 280 g/mol. The molecule has 1 aromatic rings. The molecule has 2 rings (SSSR count). The zero-order chi connectivity index (χ0) is 16.1. The van der Waals surface area contributed by atoms with Crippen molar-refractivity contribution >= 4 is 12.1 Å². The molecule has 120 valence electrons. The quantitative estimate of drug-likeness (QED) is 0.832. The van der Waals surface area contributed by atoms with E-state index in [1.165, 1.54) is 22.4 Å². The Kier molecular flexibility index (Phi) is 5.38. The fourth-order valence-electron chi connectivity index (χ4n) is 2.53. The Morgan fingerprint density at radius 2 is 1.59 bits per heavy atom. The van der Waals surface area contributed by atoms with Gasteiger partial charge in [-0.3, -0.25) is 4.90 Å². The fourth-order valence-corrected chi connectivity index (χ4v) is 2.53. The van der Waals surface area contributed by atoms with Crippen LogP contribution >= 0.6 is 0 Å². The normalized spacial score (nSPS) is 15.5. The van der Waals surface area contributed by atoms with Crippen LogP contribution in [0, 0.1) is 0 Å². The van der Waals surface area contributed by atoms with Crippen molar-refractivity contribution < 1.29 is 9.59 Å². The van der Waals surface area contributed by atoms with Crippen molar-refractivity contribution in [2.45, 2.75) is 6.54 Å². The van der Waals surface area contributed by atoms with Crippen molar-refractivity contribution in [1.29, 1.82) is 0 Å². The van der Waals surface area contributed by atoms with Crippen molar-refractivity contribution in [2.24, 2.45) is 0 Å². The molecule has 0 aliphatic carbocycles. The first kappa shape index (κ1) is 16.3. The van der Waals surface area contributed by atoms with E-state index < -0.39 is 0 Å². The second kappa shape index (κ2) is 7.26. The third kappa shape index (κ3) is 3.98. The number of carbonyl (C=O) groups excluding carboxylic acids is 2. The first-order valence-electron chi connectivity index (χ1n) is 7.49. The van der Waals surface area contributed by atoms with E-state index in [4.69, 9.17) is 0 Å². The number of urea groups is 2. The van der Waals surface area contributed by atoms with Gasteiger partial charge in [0.05, 0.1) is 0 Å². The molecule has 0 spiro atoms. The number of nitrogens with zero attached hydrogens (tertiary/aromatic N) is 4. The van der Waals surface area contributed by atoms with Crippen LogP contribution in [0.5, 0.6) is 0 Å². The van der Waals surface area contributed by atoms with E-state index in [-0.39, 0.29) is 12.1 Å². The number of benzene rings is 1. The van der Waals surface area contributed by atoms with E-state index in [0.29, 0.717) is 13.1 Å². The lowest BCUT2D eigenvalue weighted by molar-refractivity contribution is 0.114. The van der Waals surface area contributed by atoms with Gasteiger partial charge in [-0.25, -0.2) is 14.5 Å². The molecule has 22 heavy (non-hydrogen) atoms. The lowest BCUT2D eigenvalue weighted by atomic mass is 10.2. The van der Waals surface area contributed by atoms with Crippen LogP contribution in [0.25, 0.3) is 0 Å². The first-order chi connectivity index (χ1) is 10.5. The summed E-state index contributed by atoms with van der Waals surface area (Å²) in [4.78, 5) is 30.8. The van der Waals surface area contributed by atoms with Gasteiger partial charge < -0.3 is 9.80 Å². The minimum absolute atomic E-state index is 0.224. The highest BCUT2D eigenvalue weighted by molar-refractivity contribution is 5.93. The number of piperazine rings is 1. The van der Waals surface area contributed by atoms with Crippen LogP contribution < -0.4 is 0 Å². The zero-order valence-corrected chi connectivity index (χ0v) is 13.5. The summed E-state index contributed by atoms with van der Waals surface area (Å²) in [5.74, 6) is 0. The van der Waals surface area contributed by atoms with Crippen molar-refractivity contribution in [3.63, 3.8) is 0 Å². The highest BCUT2D eigenvalue weighted by Gasteiger charge is 2.27. The standard InChI is InChI=1S/C16H24N4O2/c1-17(2)15(21)18(3)16(22)20-11-9-19(10-12-20)13-14-7-5-4-6-8-14/h4-8H,9-13H2,1-3H3. The average molecular weight is 304 g/mol. The third-order valence-corrected chi connectivity index (χ3v) is 3.85. The van der Waals surface area contributed by atoms with Crippen LogP contribution in [0.15, 0.2) is 30.3 Å². The fraction of sp³-hybridized carbons (Fsp3) is 0.500. The minimum atomic E-state index is -0.295. The number of hydrogen-bond acceptors (Lipinski definition) is 3. The minimum Gasteiger partial charge on any atom is -0.330 e. The van der Waals surface area contributed by atoms with Crippen LogP contribution in [0.2, 0.25) is 0 Å². The lowest BCUT2D eigenvalue weighted by Crippen LogP contribution is -2.54. The summed E-state index contributed by atoms with van der Waals surface area (Å²) in [6.07, 6.45) is 0. The van der Waals surface area contributed by atoms with E-state index in [2.05, 4.69) is 17.0 Å². The molecular formula is C16H24N4O2. The molecule has 1 heterocycles. The molecule has 0 unspecified atom stereocenters. The lowest BCUT2D eigenvalue weighted by Gasteiger charge is -2.36. The molecule has 1 aliphatic heterocycles. The molecule has 0 N–H and O–H groups in total. The van der Waals surface area contributed by atoms with Crippen LogP contribution in [0.4, 0.5) is 9.59 Å². The second-order valence-corrected chi connectivity index (χ2v) is 5.77. The average Bonchev–Trinajstić information content (AvgIpc) is 2.54. The van der Waals surface area contributed by atoms with E-state index >= 15 is 0 Å². The third-order valence-electron chi connectivity index (χ3n) is 3.85. The van der Waals surface area contributed by atoms with Gasteiger partial charge in [-0.1, -0.05) is 30.3 Å². The largest absolute Gasteiger partial charge is 0.330 e. The molecule has 4 amide bonds. The highest BCUT2D eigenvalue weighted by Crippen LogP contribution is 2.10. The molecule has 1 saturated heterocycles. The van der Waals surface area contributed by atoms with Gasteiger partial charge >= 0.3 is 12.1 Å². The Balaban J connectivity index is 1.84. The molecule has 1 aliphatic rings. The van der Waals surface area contributed by atoms with Crippen molar-refractivity contribution in [3.05, 3.63) is 35.9 Å². The van der Waals surface area contributed by atoms with Gasteiger partial charge in [0.2, 0.25) is 0 Å². The van der Waals surface area contributed by atoms with Crippen molar-refractivity contribution in [3.8, 4) is 0 Å². The van der Waals surface area contributed by atoms with Gasteiger partial charge in [0, 0.05) is 53.9 Å². The molecule has 1 aromatic carbocycles. The van der Waals surface area contributed by atoms with Gasteiger partial charge in [0.25, 0.3) is 0 Å². The summed E-state index contributed by atoms with van der Waals surface area (Å²) in [5, 5.41) is 0. The Morgan fingerprint density at radius 1 is 1.00 bits per heavy atom. The summed E-state index contributed by atoms with van der Waals surface area (Å²) >= 11 is 0. The molecule has 0 aromatic heterocycles. The van der Waals surface area contributed by atoms with Gasteiger partial charge in [-0.2, -0.15) is 0 Å². The zero-order valence-electron chi connectivity index (χ0n) is 13.5. The number of rotatable bonds is 2. The molecule has 0 radical (unpaired) electrons. The summed E-state index contributed by atoms with van der Waals surface area (Å²) in [7, 11) is 4.81. The van der Waals surface area contributed by atoms with E-state index in [0.717, 1.165) is 19.6 Å². The highest BCUT2D eigenvalue weighted by atomic mass is 16.2. The maximum Gasteiger partial charge on any atom is 0.327 e. The first-order valence-corrected chi connectivity index (χ1v) is 7.49. The molecule has 0 saturated carbocycles. The SMILES string of the molecule is CN(C)C(=O)N(C)C(=O)N1CCN(Cc2ccccc2)CC1. The van der Waals surface area contributed by atoms with Crippen molar-refractivity contribution in [1.82, 2.24) is 19.6 Å². The Hall–Kier alpha value is -2.08. The number of hydrogen-bond donors (Lipinski definition) is 0. The monoisotopic (exact) mass is 304 g/mol.